The average Bonchev–Trinajstić information content (AvgIpc) is 2.78. The molecule has 0 saturated heterocycles. The van der Waals surface area contributed by atoms with E-state index in [1.54, 1.807) is 42.7 Å². The van der Waals surface area contributed by atoms with Gasteiger partial charge in [0.1, 0.15) is 0 Å². The van der Waals surface area contributed by atoms with Crippen LogP contribution in [-0.4, -0.2) is 42.2 Å². The summed E-state index contributed by atoms with van der Waals surface area (Å²) in [4.78, 5) is 15.1. The van der Waals surface area contributed by atoms with Crippen LogP contribution >= 0.6 is 0 Å². The number of nitrogens with zero attached hydrogens (tertiary/aromatic N) is 1. The van der Waals surface area contributed by atoms with Gasteiger partial charge in [-0.3, -0.25) is 4.98 Å². The Bertz CT molecular complexity index is 1130. The Morgan fingerprint density at radius 2 is 1.66 bits per heavy atom. The van der Waals surface area contributed by atoms with E-state index in [2.05, 4.69) is 10.3 Å². The van der Waals surface area contributed by atoms with Crippen LogP contribution in [0.2, 0.25) is 0 Å². The number of carbonyl (C=O) groups is 1. The summed E-state index contributed by atoms with van der Waals surface area (Å²) >= 11 is 0. The summed E-state index contributed by atoms with van der Waals surface area (Å²) in [6.45, 7) is 2.37. The van der Waals surface area contributed by atoms with Crippen LogP contribution in [0.4, 0.5) is 0 Å². The fourth-order valence-electron chi connectivity index (χ4n) is 3.15. The number of pyridine rings is 1. The fraction of sp³-hybridized carbons (Fsp3) is 0.217. The van der Waals surface area contributed by atoms with Crippen molar-refractivity contribution < 1.29 is 54.4 Å². The van der Waals surface area contributed by atoms with Crippen molar-refractivity contribution in [3.63, 3.8) is 0 Å². The van der Waals surface area contributed by atoms with Crippen molar-refractivity contribution in [2.45, 2.75) is 35.3 Å². The normalized spacial score (nSPS) is 13.1. The second kappa shape index (κ2) is 11.7. The number of aliphatic hydroxyl groups excluding tert-OH is 1. The number of aromatic carboxylic acids is 1. The van der Waals surface area contributed by atoms with E-state index in [0.29, 0.717) is 13.0 Å². The molecule has 0 bridgehead atoms. The second-order valence-corrected chi connectivity index (χ2v) is 9.24. The fourth-order valence-corrected chi connectivity index (χ4v) is 4.41. The van der Waals surface area contributed by atoms with E-state index >= 15 is 0 Å². The summed E-state index contributed by atoms with van der Waals surface area (Å²) in [6.07, 6.45) is 3.29. The molecular formula is C23H25N2NaO5S. The number of benzene rings is 2. The first-order valence-corrected chi connectivity index (χ1v) is 11.2. The van der Waals surface area contributed by atoms with Gasteiger partial charge in [-0.05, 0) is 61.4 Å². The van der Waals surface area contributed by atoms with Crippen molar-refractivity contribution in [1.29, 1.82) is 0 Å². The Labute approximate surface area is 211 Å². The number of aliphatic hydroxyl groups is 1. The molecule has 9 heteroatoms. The average molecular weight is 465 g/mol. The number of hydrogen-bond acceptors (Lipinski definition) is 6. The Hall–Kier alpha value is -2.07. The van der Waals surface area contributed by atoms with Gasteiger partial charge in [0, 0.05) is 30.5 Å². The molecular weight excluding hydrogens is 439 g/mol. The predicted octanol–water partition coefficient (Wildman–Crippen LogP) is -0.0167. The van der Waals surface area contributed by atoms with Gasteiger partial charge in [-0.1, -0.05) is 18.2 Å². The molecule has 3 rings (SSSR count). The predicted molar refractivity (Wildman–Crippen MR) is 117 cm³/mol. The molecule has 0 fully saturated rings. The zero-order chi connectivity index (χ0) is 22.4. The number of hydrogen-bond donors (Lipinski definition) is 3. The van der Waals surface area contributed by atoms with E-state index in [4.69, 9.17) is 5.11 Å². The van der Waals surface area contributed by atoms with Crippen LogP contribution in [0.5, 0.6) is 0 Å². The molecule has 3 aromatic rings. The molecule has 0 unspecified atom stereocenters. The summed E-state index contributed by atoms with van der Waals surface area (Å²) in [5.41, 5.74) is 1.73. The minimum absolute atomic E-state index is 0. The molecule has 2 atom stereocenters. The van der Waals surface area contributed by atoms with Crippen LogP contribution in [0.3, 0.4) is 0 Å². The standard InChI is InChI=1S/C23H24N2O5S.Na.H/c1-16(25-15-22(26)19-3-2-12-24-14-19)13-17-4-8-20(9-5-17)31(29,30)21-10-6-18(7-11-21)23(27)28;;/h2-12,14,16,22,25-26H,13,15H2,1H3,(H,27,28);;/q;+1;-1/t16-,22-;;/m1../s1. The Morgan fingerprint density at radius 1 is 1.06 bits per heavy atom. The van der Waals surface area contributed by atoms with Crippen LogP contribution in [0.25, 0.3) is 0 Å². The van der Waals surface area contributed by atoms with E-state index in [0.717, 1.165) is 11.1 Å². The minimum Gasteiger partial charge on any atom is -1.00 e. The monoisotopic (exact) mass is 464 g/mol. The van der Waals surface area contributed by atoms with Gasteiger partial charge in [0.15, 0.2) is 0 Å². The first-order valence-electron chi connectivity index (χ1n) is 9.76. The molecule has 32 heavy (non-hydrogen) atoms. The molecule has 0 radical (unpaired) electrons. The van der Waals surface area contributed by atoms with Gasteiger partial charge in [-0.15, -0.1) is 0 Å². The minimum atomic E-state index is -3.73. The molecule has 7 nitrogen and oxygen atoms in total. The zero-order valence-electron chi connectivity index (χ0n) is 19.0. The molecule has 164 valence electrons. The van der Waals surface area contributed by atoms with Gasteiger partial charge in [-0.2, -0.15) is 0 Å². The summed E-state index contributed by atoms with van der Waals surface area (Å²) in [6, 6.07) is 15.4. The van der Waals surface area contributed by atoms with Crippen molar-refractivity contribution in [2.75, 3.05) is 6.54 Å². The Morgan fingerprint density at radius 3 is 2.19 bits per heavy atom. The van der Waals surface area contributed by atoms with Crippen LogP contribution in [-0.2, 0) is 16.3 Å². The first-order chi connectivity index (χ1) is 14.8. The molecule has 0 spiro atoms. The number of carboxylic acid groups (broad SMARTS) is 1. The molecule has 2 aromatic carbocycles. The van der Waals surface area contributed by atoms with Gasteiger partial charge < -0.3 is 17.0 Å². The third-order valence-electron chi connectivity index (χ3n) is 4.92. The van der Waals surface area contributed by atoms with E-state index in [1.807, 2.05) is 13.0 Å². The summed E-state index contributed by atoms with van der Waals surface area (Å²) in [7, 11) is -3.73. The van der Waals surface area contributed by atoms with Crippen molar-refractivity contribution in [3.8, 4) is 0 Å². The SMILES string of the molecule is C[C@H](Cc1ccc(S(=O)(=O)c2ccc(C(=O)O)cc2)cc1)NC[C@@H](O)c1cccnc1.[H-].[Na+]. The van der Waals surface area contributed by atoms with Crippen molar-refractivity contribution in [2.24, 2.45) is 0 Å². The quantitative estimate of drug-likeness (QED) is 0.381. The van der Waals surface area contributed by atoms with E-state index in [1.165, 1.54) is 24.3 Å². The Kier molecular flexibility index (Phi) is 9.57. The maximum Gasteiger partial charge on any atom is 1.00 e. The molecule has 1 aromatic heterocycles. The smallest absolute Gasteiger partial charge is 1.00 e. The van der Waals surface area contributed by atoms with Gasteiger partial charge >= 0.3 is 35.5 Å². The van der Waals surface area contributed by atoms with E-state index < -0.39 is 21.9 Å². The molecule has 0 aliphatic rings. The number of sulfone groups is 1. The van der Waals surface area contributed by atoms with Crippen LogP contribution < -0.4 is 34.9 Å². The first kappa shape index (κ1) is 26.2. The van der Waals surface area contributed by atoms with E-state index in [-0.39, 0.29) is 52.4 Å². The second-order valence-electron chi connectivity index (χ2n) is 7.29. The van der Waals surface area contributed by atoms with Gasteiger partial charge in [0.25, 0.3) is 0 Å². The number of carboxylic acids is 1. The van der Waals surface area contributed by atoms with Gasteiger partial charge in [0.05, 0.1) is 21.5 Å². The van der Waals surface area contributed by atoms with Gasteiger partial charge in [0.2, 0.25) is 9.84 Å². The summed E-state index contributed by atoms with van der Waals surface area (Å²) < 4.78 is 25.5. The molecule has 0 aliphatic heterocycles. The van der Waals surface area contributed by atoms with Crippen molar-refractivity contribution in [1.82, 2.24) is 10.3 Å². The third-order valence-corrected chi connectivity index (χ3v) is 6.70. The van der Waals surface area contributed by atoms with Gasteiger partial charge in [-0.25, -0.2) is 13.2 Å². The zero-order valence-corrected chi connectivity index (χ0v) is 20.8. The van der Waals surface area contributed by atoms with Crippen LogP contribution in [0.15, 0.2) is 82.8 Å². The molecule has 3 N–H and O–H groups in total. The number of rotatable bonds is 9. The van der Waals surface area contributed by atoms with Crippen LogP contribution in [0, 0.1) is 0 Å². The molecule has 0 aliphatic carbocycles. The maximum atomic E-state index is 12.8. The maximum absolute atomic E-state index is 12.8. The number of aromatic nitrogens is 1. The van der Waals surface area contributed by atoms with E-state index in [9.17, 15) is 18.3 Å². The summed E-state index contributed by atoms with van der Waals surface area (Å²) in [5, 5.41) is 22.4. The van der Waals surface area contributed by atoms with Crippen molar-refractivity contribution >= 4 is 15.8 Å². The molecule has 0 amide bonds. The summed E-state index contributed by atoms with van der Waals surface area (Å²) in [5.74, 6) is -1.11. The third kappa shape index (κ3) is 6.71. The largest absolute Gasteiger partial charge is 1.00 e. The van der Waals surface area contributed by atoms with Crippen LogP contribution in [0.1, 0.15) is 35.9 Å². The topological polar surface area (TPSA) is 117 Å². The molecule has 0 saturated carbocycles. The van der Waals surface area contributed by atoms with Crippen molar-refractivity contribution in [3.05, 3.63) is 89.7 Å². The molecule has 1 heterocycles. The number of nitrogens with one attached hydrogen (secondary N) is 1. The Balaban J connectivity index is 0.00000272.